The third kappa shape index (κ3) is 5.75. The van der Waals surface area contributed by atoms with Crippen molar-refractivity contribution in [1.82, 2.24) is 4.90 Å². The fourth-order valence-corrected chi connectivity index (χ4v) is 4.03. The highest BCUT2D eigenvalue weighted by Gasteiger charge is 2.45. The Morgan fingerprint density at radius 3 is 2.39 bits per heavy atom. The van der Waals surface area contributed by atoms with Crippen LogP contribution in [0.4, 0.5) is 18.9 Å². The third-order valence-electron chi connectivity index (χ3n) is 5.69. The first-order valence-corrected chi connectivity index (χ1v) is 10.2. The molecule has 1 aliphatic carbocycles. The van der Waals surface area contributed by atoms with Gasteiger partial charge >= 0.3 is 12.1 Å². The zero-order valence-corrected chi connectivity index (χ0v) is 17.0. The Labute approximate surface area is 177 Å². The molecular formula is C21H25F3N2O5. The number of hydrogen-bond acceptors (Lipinski definition) is 5. The van der Waals surface area contributed by atoms with Crippen molar-refractivity contribution in [2.24, 2.45) is 5.41 Å². The number of anilines is 1. The second kappa shape index (κ2) is 9.67. The SMILES string of the molecule is O=C(COC(=O)C1(CC(=O)N2CCOCC2)CCCC1)Nc1ccccc1C(F)(F)F. The Morgan fingerprint density at radius 2 is 1.74 bits per heavy atom. The maximum atomic E-state index is 13.1. The molecule has 0 unspecified atom stereocenters. The number of benzene rings is 1. The monoisotopic (exact) mass is 442 g/mol. The van der Waals surface area contributed by atoms with E-state index in [1.54, 1.807) is 4.90 Å². The van der Waals surface area contributed by atoms with Crippen molar-refractivity contribution in [2.45, 2.75) is 38.3 Å². The molecular weight excluding hydrogens is 417 g/mol. The molecule has 1 saturated heterocycles. The van der Waals surface area contributed by atoms with E-state index in [1.807, 2.05) is 0 Å². The van der Waals surface area contributed by atoms with Crippen LogP contribution >= 0.6 is 0 Å². The summed E-state index contributed by atoms with van der Waals surface area (Å²) in [6.45, 7) is 1.10. The van der Waals surface area contributed by atoms with Crippen LogP contribution in [0.1, 0.15) is 37.7 Å². The number of nitrogens with one attached hydrogen (secondary N) is 1. The van der Waals surface area contributed by atoms with E-state index in [-0.39, 0.29) is 12.3 Å². The molecule has 0 radical (unpaired) electrons. The van der Waals surface area contributed by atoms with E-state index < -0.39 is 41.3 Å². The fraction of sp³-hybridized carbons (Fsp3) is 0.571. The number of carbonyl (C=O) groups excluding carboxylic acids is 3. The van der Waals surface area contributed by atoms with Crippen LogP contribution in [0.15, 0.2) is 24.3 Å². The number of carbonyl (C=O) groups is 3. The first-order chi connectivity index (χ1) is 14.7. The molecule has 1 saturated carbocycles. The maximum Gasteiger partial charge on any atom is 0.418 e. The van der Waals surface area contributed by atoms with Crippen LogP contribution in [0.3, 0.4) is 0 Å². The van der Waals surface area contributed by atoms with Gasteiger partial charge in [-0.2, -0.15) is 13.2 Å². The van der Waals surface area contributed by atoms with Crippen LogP contribution in [0.2, 0.25) is 0 Å². The maximum absolute atomic E-state index is 13.1. The summed E-state index contributed by atoms with van der Waals surface area (Å²) >= 11 is 0. The van der Waals surface area contributed by atoms with E-state index in [4.69, 9.17) is 9.47 Å². The predicted octanol–water partition coefficient (Wildman–Crippen LogP) is 3.00. The summed E-state index contributed by atoms with van der Waals surface area (Å²) < 4.78 is 49.6. The second-order valence-corrected chi connectivity index (χ2v) is 7.83. The summed E-state index contributed by atoms with van der Waals surface area (Å²) in [5.74, 6) is -1.70. The molecule has 0 atom stereocenters. The quantitative estimate of drug-likeness (QED) is 0.685. The van der Waals surface area contributed by atoms with Crippen LogP contribution in [-0.4, -0.2) is 55.6 Å². The van der Waals surface area contributed by atoms with Crippen molar-refractivity contribution in [3.63, 3.8) is 0 Å². The van der Waals surface area contributed by atoms with Crippen molar-refractivity contribution in [2.75, 3.05) is 38.2 Å². The van der Waals surface area contributed by atoms with E-state index in [9.17, 15) is 27.6 Å². The molecule has 1 heterocycles. The number of morpholine rings is 1. The van der Waals surface area contributed by atoms with E-state index in [0.717, 1.165) is 25.0 Å². The summed E-state index contributed by atoms with van der Waals surface area (Å²) in [5.41, 5.74) is -2.40. The van der Waals surface area contributed by atoms with Crippen LogP contribution in [0.5, 0.6) is 0 Å². The molecule has 0 spiro atoms. The normalized spacial score (nSPS) is 18.5. The summed E-state index contributed by atoms with van der Waals surface area (Å²) in [5, 5.41) is 2.14. The summed E-state index contributed by atoms with van der Waals surface area (Å²) in [6.07, 6.45) is -2.17. The fourth-order valence-electron chi connectivity index (χ4n) is 4.03. The standard InChI is InChI=1S/C21H25F3N2O5/c22-21(23,24)15-5-1-2-6-16(15)25-17(27)14-31-19(29)20(7-3-4-8-20)13-18(28)26-9-11-30-12-10-26/h1-2,5-6H,3-4,7-14H2,(H,25,27). The summed E-state index contributed by atoms with van der Waals surface area (Å²) in [6, 6.07) is 4.56. The number of rotatable bonds is 6. The van der Waals surface area contributed by atoms with Crippen molar-refractivity contribution in [3.05, 3.63) is 29.8 Å². The number of esters is 1. The Morgan fingerprint density at radius 1 is 1.10 bits per heavy atom. The molecule has 170 valence electrons. The topological polar surface area (TPSA) is 84.9 Å². The largest absolute Gasteiger partial charge is 0.455 e. The van der Waals surface area contributed by atoms with Crippen molar-refractivity contribution in [1.29, 1.82) is 0 Å². The minimum atomic E-state index is -4.63. The minimum Gasteiger partial charge on any atom is -0.455 e. The predicted molar refractivity (Wildman–Crippen MR) is 104 cm³/mol. The molecule has 0 aromatic heterocycles. The van der Waals surface area contributed by atoms with Gasteiger partial charge in [0.05, 0.1) is 29.9 Å². The van der Waals surface area contributed by atoms with E-state index >= 15 is 0 Å². The molecule has 1 aromatic carbocycles. The summed E-state index contributed by atoms with van der Waals surface area (Å²) in [4.78, 5) is 39.2. The molecule has 3 rings (SSSR count). The Balaban J connectivity index is 1.59. The van der Waals surface area contributed by atoms with Gasteiger partial charge < -0.3 is 19.7 Å². The van der Waals surface area contributed by atoms with Crippen molar-refractivity contribution >= 4 is 23.5 Å². The summed E-state index contributed by atoms with van der Waals surface area (Å²) in [7, 11) is 0. The first-order valence-electron chi connectivity index (χ1n) is 10.2. The molecule has 1 aromatic rings. The van der Waals surface area contributed by atoms with Gasteiger partial charge in [-0.3, -0.25) is 14.4 Å². The van der Waals surface area contributed by atoms with Crippen molar-refractivity contribution < 1.29 is 37.0 Å². The van der Waals surface area contributed by atoms with Crippen LogP contribution < -0.4 is 5.32 Å². The molecule has 2 aliphatic rings. The highest BCUT2D eigenvalue weighted by molar-refractivity contribution is 5.94. The van der Waals surface area contributed by atoms with Gasteiger partial charge in [-0.05, 0) is 25.0 Å². The lowest BCUT2D eigenvalue weighted by Gasteiger charge is -2.31. The third-order valence-corrected chi connectivity index (χ3v) is 5.69. The minimum absolute atomic E-state index is 0.00956. The first kappa shape index (κ1) is 23.1. The van der Waals surface area contributed by atoms with Gasteiger partial charge in [0.15, 0.2) is 6.61 Å². The number of para-hydroxylation sites is 1. The Bertz CT molecular complexity index is 815. The molecule has 7 nitrogen and oxygen atoms in total. The molecule has 31 heavy (non-hydrogen) atoms. The Hall–Kier alpha value is -2.62. The zero-order chi connectivity index (χ0) is 22.5. The molecule has 1 aliphatic heterocycles. The van der Waals surface area contributed by atoms with E-state index in [1.165, 1.54) is 12.1 Å². The smallest absolute Gasteiger partial charge is 0.418 e. The van der Waals surface area contributed by atoms with Crippen LogP contribution in [-0.2, 0) is 30.0 Å². The average molecular weight is 442 g/mol. The molecule has 2 amide bonds. The number of halogens is 3. The number of amides is 2. The van der Waals surface area contributed by atoms with Gasteiger partial charge in [-0.15, -0.1) is 0 Å². The molecule has 10 heteroatoms. The van der Waals surface area contributed by atoms with Gasteiger partial charge in [-0.1, -0.05) is 25.0 Å². The number of ether oxygens (including phenoxy) is 2. The van der Waals surface area contributed by atoms with Crippen LogP contribution in [0, 0.1) is 5.41 Å². The average Bonchev–Trinajstić information content (AvgIpc) is 3.22. The lowest BCUT2D eigenvalue weighted by Crippen LogP contribution is -2.44. The number of alkyl halides is 3. The van der Waals surface area contributed by atoms with Gasteiger partial charge in [0.1, 0.15) is 0 Å². The van der Waals surface area contributed by atoms with Gasteiger partial charge in [0.25, 0.3) is 5.91 Å². The zero-order valence-electron chi connectivity index (χ0n) is 17.0. The highest BCUT2D eigenvalue weighted by Crippen LogP contribution is 2.43. The number of nitrogens with zero attached hydrogens (tertiary/aromatic N) is 1. The lowest BCUT2D eigenvalue weighted by atomic mass is 9.82. The van der Waals surface area contributed by atoms with Gasteiger partial charge in [0.2, 0.25) is 5.91 Å². The van der Waals surface area contributed by atoms with Crippen LogP contribution in [0.25, 0.3) is 0 Å². The van der Waals surface area contributed by atoms with Crippen molar-refractivity contribution in [3.8, 4) is 0 Å². The second-order valence-electron chi connectivity index (χ2n) is 7.83. The highest BCUT2D eigenvalue weighted by atomic mass is 19.4. The van der Waals surface area contributed by atoms with E-state index in [2.05, 4.69) is 5.32 Å². The molecule has 0 bridgehead atoms. The molecule has 1 N–H and O–H groups in total. The number of hydrogen-bond donors (Lipinski definition) is 1. The Kier molecular flexibility index (Phi) is 7.19. The lowest BCUT2D eigenvalue weighted by molar-refractivity contribution is -0.161. The van der Waals surface area contributed by atoms with Gasteiger partial charge in [0, 0.05) is 19.5 Å². The van der Waals surface area contributed by atoms with E-state index in [0.29, 0.717) is 39.1 Å². The molecule has 2 fully saturated rings. The van der Waals surface area contributed by atoms with Gasteiger partial charge in [-0.25, -0.2) is 0 Å².